The zero-order chi connectivity index (χ0) is 11.6. The summed E-state index contributed by atoms with van der Waals surface area (Å²) in [5, 5.41) is 0.109. The summed E-state index contributed by atoms with van der Waals surface area (Å²) in [6.07, 6.45) is 2.80. The van der Waals surface area contributed by atoms with Crippen LogP contribution in [-0.2, 0) is 10.0 Å². The molecule has 90 valence electrons. The van der Waals surface area contributed by atoms with Gasteiger partial charge in [0.25, 0.3) is 10.0 Å². The predicted octanol–water partition coefficient (Wildman–Crippen LogP) is -0.264. The van der Waals surface area contributed by atoms with E-state index in [-0.39, 0.29) is 5.03 Å². The van der Waals surface area contributed by atoms with Crippen LogP contribution < -0.4 is 0 Å². The zero-order valence-corrected chi connectivity index (χ0v) is 10.1. The number of aromatic nitrogens is 2. The Kier molecular flexibility index (Phi) is 3.27. The highest BCUT2D eigenvalue weighted by atomic mass is 32.2. The van der Waals surface area contributed by atoms with Crippen molar-refractivity contribution >= 4 is 10.0 Å². The summed E-state index contributed by atoms with van der Waals surface area (Å²) in [6, 6.07) is 0. The number of rotatable bonds is 3. The van der Waals surface area contributed by atoms with E-state index in [0.717, 1.165) is 19.6 Å². The molecule has 1 aromatic rings. The Bertz CT molecular complexity index is 420. The molecule has 0 spiro atoms. The second kappa shape index (κ2) is 4.52. The Balaban J connectivity index is 2.09. The maximum absolute atomic E-state index is 12.1. The first-order valence-electron chi connectivity index (χ1n) is 5.36. The lowest BCUT2D eigenvalue weighted by atomic mass is 10.4. The average molecular weight is 244 g/mol. The lowest BCUT2D eigenvalue weighted by Gasteiger charge is -2.32. The van der Waals surface area contributed by atoms with Gasteiger partial charge in [-0.1, -0.05) is 6.92 Å². The van der Waals surface area contributed by atoms with Gasteiger partial charge < -0.3 is 9.88 Å². The molecule has 0 saturated carbocycles. The first-order valence-corrected chi connectivity index (χ1v) is 6.80. The molecule has 7 heteroatoms. The molecule has 1 aliphatic heterocycles. The monoisotopic (exact) mass is 244 g/mol. The third-order valence-corrected chi connectivity index (χ3v) is 4.65. The molecule has 2 rings (SSSR count). The van der Waals surface area contributed by atoms with Crippen molar-refractivity contribution in [2.75, 3.05) is 32.7 Å². The quantitative estimate of drug-likeness (QED) is 0.795. The highest BCUT2D eigenvalue weighted by molar-refractivity contribution is 7.89. The molecule has 1 aliphatic rings. The highest BCUT2D eigenvalue weighted by Gasteiger charge is 2.29. The summed E-state index contributed by atoms with van der Waals surface area (Å²) in [6.45, 7) is 5.72. The van der Waals surface area contributed by atoms with Crippen LogP contribution in [0.25, 0.3) is 0 Å². The van der Waals surface area contributed by atoms with E-state index < -0.39 is 10.0 Å². The molecule has 1 aromatic heterocycles. The molecule has 0 radical (unpaired) electrons. The third kappa shape index (κ3) is 2.11. The van der Waals surface area contributed by atoms with E-state index in [1.807, 2.05) is 0 Å². The Labute approximate surface area is 95.3 Å². The molecule has 2 heterocycles. The van der Waals surface area contributed by atoms with Gasteiger partial charge in [0, 0.05) is 32.4 Å². The summed E-state index contributed by atoms with van der Waals surface area (Å²) in [7, 11) is -3.39. The maximum atomic E-state index is 12.1. The van der Waals surface area contributed by atoms with Crippen LogP contribution in [0.2, 0.25) is 0 Å². The molecule has 0 atom stereocenters. The summed E-state index contributed by atoms with van der Waals surface area (Å²) in [4.78, 5) is 8.70. The Morgan fingerprint density at radius 3 is 2.56 bits per heavy atom. The van der Waals surface area contributed by atoms with Crippen molar-refractivity contribution in [2.24, 2.45) is 0 Å². The van der Waals surface area contributed by atoms with E-state index >= 15 is 0 Å². The predicted molar refractivity (Wildman–Crippen MR) is 59.5 cm³/mol. The fraction of sp³-hybridized carbons (Fsp3) is 0.667. The number of H-pyrrole nitrogens is 1. The molecule has 0 aromatic carbocycles. The normalized spacial score (nSPS) is 20.1. The topological polar surface area (TPSA) is 69.3 Å². The van der Waals surface area contributed by atoms with E-state index in [0.29, 0.717) is 13.1 Å². The smallest absolute Gasteiger partial charge is 0.262 e. The molecule has 0 aliphatic carbocycles. The second-order valence-corrected chi connectivity index (χ2v) is 5.63. The van der Waals surface area contributed by atoms with Gasteiger partial charge in [0.1, 0.15) is 0 Å². The zero-order valence-electron chi connectivity index (χ0n) is 9.26. The van der Waals surface area contributed by atoms with Gasteiger partial charge in [0.2, 0.25) is 0 Å². The first kappa shape index (κ1) is 11.6. The summed E-state index contributed by atoms with van der Waals surface area (Å²) < 4.78 is 25.6. The summed E-state index contributed by atoms with van der Waals surface area (Å²) in [5.41, 5.74) is 0. The standard InChI is InChI=1S/C9H16N4O2S/c1-2-12-3-5-13(6-4-12)16(14,15)9-7-10-8-11-9/h7-8H,2-6H2,1H3,(H,10,11). The number of imidazole rings is 1. The molecule has 0 amide bonds. The molecular weight excluding hydrogens is 228 g/mol. The van der Waals surface area contributed by atoms with Gasteiger partial charge in [0.15, 0.2) is 5.03 Å². The van der Waals surface area contributed by atoms with E-state index in [1.54, 1.807) is 0 Å². The molecule has 1 N–H and O–H groups in total. The maximum Gasteiger partial charge on any atom is 0.262 e. The fourth-order valence-electron chi connectivity index (χ4n) is 1.81. The summed E-state index contributed by atoms with van der Waals surface area (Å²) in [5.74, 6) is 0. The molecule has 0 bridgehead atoms. The minimum Gasteiger partial charge on any atom is -0.350 e. The van der Waals surface area contributed by atoms with Crippen molar-refractivity contribution in [2.45, 2.75) is 11.9 Å². The second-order valence-electron chi connectivity index (χ2n) is 3.75. The number of hydrogen-bond donors (Lipinski definition) is 1. The van der Waals surface area contributed by atoms with Crippen LogP contribution in [0.4, 0.5) is 0 Å². The van der Waals surface area contributed by atoms with Crippen molar-refractivity contribution < 1.29 is 8.42 Å². The number of piperazine rings is 1. The molecule has 16 heavy (non-hydrogen) atoms. The van der Waals surface area contributed by atoms with Crippen molar-refractivity contribution in [1.82, 2.24) is 19.2 Å². The van der Waals surface area contributed by atoms with Crippen molar-refractivity contribution in [3.05, 3.63) is 12.5 Å². The Hall–Kier alpha value is -0.920. The van der Waals surface area contributed by atoms with Gasteiger partial charge in [0.05, 0.1) is 6.33 Å². The van der Waals surface area contributed by atoms with Crippen molar-refractivity contribution in [3.8, 4) is 0 Å². The Morgan fingerprint density at radius 2 is 2.06 bits per heavy atom. The van der Waals surface area contributed by atoms with E-state index in [9.17, 15) is 8.42 Å². The van der Waals surface area contributed by atoms with Crippen LogP contribution >= 0.6 is 0 Å². The Morgan fingerprint density at radius 1 is 1.38 bits per heavy atom. The fourth-order valence-corrected chi connectivity index (χ4v) is 3.12. The average Bonchev–Trinajstić information content (AvgIpc) is 2.83. The first-order chi connectivity index (χ1) is 7.64. The van der Waals surface area contributed by atoms with Gasteiger partial charge >= 0.3 is 0 Å². The van der Waals surface area contributed by atoms with Gasteiger partial charge in [-0.25, -0.2) is 13.4 Å². The minimum absolute atomic E-state index is 0.109. The number of sulfonamides is 1. The van der Waals surface area contributed by atoms with Gasteiger partial charge in [-0.3, -0.25) is 0 Å². The largest absolute Gasteiger partial charge is 0.350 e. The molecule has 0 unspecified atom stereocenters. The molecular formula is C9H16N4O2S. The number of hydrogen-bond acceptors (Lipinski definition) is 4. The molecule has 6 nitrogen and oxygen atoms in total. The number of nitrogens with one attached hydrogen (secondary N) is 1. The van der Waals surface area contributed by atoms with Crippen LogP contribution in [0.1, 0.15) is 6.92 Å². The number of likely N-dealkylation sites (N-methyl/N-ethyl adjacent to an activating group) is 1. The van der Waals surface area contributed by atoms with E-state index in [4.69, 9.17) is 0 Å². The number of nitrogens with zero attached hydrogens (tertiary/aromatic N) is 3. The van der Waals surface area contributed by atoms with Crippen molar-refractivity contribution in [3.63, 3.8) is 0 Å². The van der Waals surface area contributed by atoms with Crippen LogP contribution in [-0.4, -0.2) is 60.3 Å². The third-order valence-electron chi connectivity index (χ3n) is 2.86. The molecule has 1 saturated heterocycles. The van der Waals surface area contributed by atoms with Gasteiger partial charge in [-0.2, -0.15) is 4.31 Å². The van der Waals surface area contributed by atoms with E-state index in [1.165, 1.54) is 16.8 Å². The van der Waals surface area contributed by atoms with Gasteiger partial charge in [-0.05, 0) is 6.54 Å². The summed E-state index contributed by atoms with van der Waals surface area (Å²) >= 11 is 0. The number of aromatic amines is 1. The van der Waals surface area contributed by atoms with Crippen LogP contribution in [0.5, 0.6) is 0 Å². The van der Waals surface area contributed by atoms with Crippen LogP contribution in [0.3, 0.4) is 0 Å². The van der Waals surface area contributed by atoms with E-state index in [2.05, 4.69) is 21.8 Å². The molecule has 1 fully saturated rings. The minimum atomic E-state index is -3.39. The highest BCUT2D eigenvalue weighted by Crippen LogP contribution is 2.14. The van der Waals surface area contributed by atoms with Crippen LogP contribution in [0.15, 0.2) is 17.6 Å². The SMILES string of the molecule is CCN1CCN(S(=O)(=O)c2c[nH]cn2)CC1. The van der Waals surface area contributed by atoms with Gasteiger partial charge in [-0.15, -0.1) is 0 Å². The van der Waals surface area contributed by atoms with Crippen LogP contribution in [0, 0.1) is 0 Å². The lowest BCUT2D eigenvalue weighted by Crippen LogP contribution is -2.48. The lowest BCUT2D eigenvalue weighted by molar-refractivity contribution is 0.196. The van der Waals surface area contributed by atoms with Crippen molar-refractivity contribution in [1.29, 1.82) is 0 Å².